The topological polar surface area (TPSA) is 64.7 Å². The van der Waals surface area contributed by atoms with Crippen molar-refractivity contribution in [3.63, 3.8) is 0 Å². The van der Waals surface area contributed by atoms with Gasteiger partial charge in [0.2, 0.25) is 5.91 Å². The molecule has 0 unspecified atom stereocenters. The van der Waals surface area contributed by atoms with E-state index in [1.807, 2.05) is 30.3 Å². The number of carbonyl (C=O) groups excluding carboxylic acids is 2. The van der Waals surface area contributed by atoms with Crippen molar-refractivity contribution in [3.05, 3.63) is 30.3 Å². The van der Waals surface area contributed by atoms with Gasteiger partial charge in [0.25, 0.3) is 0 Å². The summed E-state index contributed by atoms with van der Waals surface area (Å²) in [6.07, 6.45) is 2.22. The lowest BCUT2D eigenvalue weighted by molar-refractivity contribution is -0.122. The van der Waals surface area contributed by atoms with Gasteiger partial charge in [-0.25, -0.2) is 4.79 Å². The highest BCUT2D eigenvalue weighted by atomic mass is 16.2. The maximum absolute atomic E-state index is 12.2. The Morgan fingerprint density at radius 2 is 1.73 bits per heavy atom. The predicted molar refractivity (Wildman–Crippen MR) is 84.6 cm³/mol. The summed E-state index contributed by atoms with van der Waals surface area (Å²) in [6.45, 7) is 3.20. The van der Waals surface area contributed by atoms with Crippen molar-refractivity contribution in [3.8, 4) is 0 Å². The smallest absolute Gasteiger partial charge is 0.321 e. The Balaban J connectivity index is 1.40. The molecule has 1 heterocycles. The minimum absolute atomic E-state index is 0.0757. The standard InChI is InChI=1S/C16H22N4O2/c21-15(17-14-6-7-14)12-19-8-10-20(11-9-19)16(22)18-13-4-2-1-3-5-13/h1-5,14H,6-12H2,(H,17,21)(H,18,22). The number of urea groups is 1. The molecular formula is C16H22N4O2. The normalized spacial score (nSPS) is 18.8. The van der Waals surface area contributed by atoms with Gasteiger partial charge in [0.05, 0.1) is 6.54 Å². The van der Waals surface area contributed by atoms with E-state index in [1.54, 1.807) is 4.90 Å². The molecule has 1 saturated carbocycles. The minimum atomic E-state index is -0.0757. The summed E-state index contributed by atoms with van der Waals surface area (Å²) in [6, 6.07) is 9.78. The third-order valence-electron chi connectivity index (χ3n) is 3.99. The molecular weight excluding hydrogens is 280 g/mol. The van der Waals surface area contributed by atoms with Gasteiger partial charge in [0.1, 0.15) is 0 Å². The van der Waals surface area contributed by atoms with Gasteiger partial charge in [-0.05, 0) is 25.0 Å². The Kier molecular flexibility index (Phi) is 4.58. The average Bonchev–Trinajstić information content (AvgIpc) is 3.32. The highest BCUT2D eigenvalue weighted by Gasteiger charge is 2.26. The molecule has 0 bridgehead atoms. The second-order valence-electron chi connectivity index (χ2n) is 5.90. The number of piperazine rings is 1. The molecule has 1 aliphatic carbocycles. The van der Waals surface area contributed by atoms with Gasteiger partial charge in [-0.15, -0.1) is 0 Å². The van der Waals surface area contributed by atoms with Crippen molar-refractivity contribution in [1.82, 2.24) is 15.1 Å². The van der Waals surface area contributed by atoms with E-state index in [0.717, 1.165) is 31.6 Å². The van der Waals surface area contributed by atoms with Crippen molar-refractivity contribution in [2.75, 3.05) is 38.0 Å². The second kappa shape index (κ2) is 6.79. The van der Waals surface area contributed by atoms with E-state index in [2.05, 4.69) is 15.5 Å². The summed E-state index contributed by atoms with van der Waals surface area (Å²) in [5.74, 6) is 0.102. The van der Waals surface area contributed by atoms with Crippen LogP contribution in [0.4, 0.5) is 10.5 Å². The molecule has 118 valence electrons. The number of para-hydroxylation sites is 1. The molecule has 2 fully saturated rings. The minimum Gasteiger partial charge on any atom is -0.352 e. The molecule has 0 spiro atoms. The Hall–Kier alpha value is -2.08. The molecule has 0 radical (unpaired) electrons. The van der Waals surface area contributed by atoms with Gasteiger partial charge in [-0.1, -0.05) is 18.2 Å². The Labute approximate surface area is 130 Å². The number of nitrogens with zero attached hydrogens (tertiary/aromatic N) is 2. The van der Waals surface area contributed by atoms with Crippen LogP contribution in [0.25, 0.3) is 0 Å². The first-order valence-electron chi connectivity index (χ1n) is 7.83. The predicted octanol–water partition coefficient (Wildman–Crippen LogP) is 1.11. The van der Waals surface area contributed by atoms with E-state index in [9.17, 15) is 9.59 Å². The lowest BCUT2D eigenvalue weighted by Crippen LogP contribution is -2.52. The molecule has 3 rings (SSSR count). The first-order chi connectivity index (χ1) is 10.7. The Bertz CT molecular complexity index is 522. The second-order valence-corrected chi connectivity index (χ2v) is 5.90. The van der Waals surface area contributed by atoms with Gasteiger partial charge in [-0.3, -0.25) is 9.69 Å². The van der Waals surface area contributed by atoms with E-state index in [4.69, 9.17) is 0 Å². The fourth-order valence-electron chi connectivity index (χ4n) is 2.54. The van der Waals surface area contributed by atoms with Crippen LogP contribution in [-0.4, -0.2) is 60.5 Å². The van der Waals surface area contributed by atoms with E-state index in [-0.39, 0.29) is 11.9 Å². The van der Waals surface area contributed by atoms with Crippen LogP contribution in [0.3, 0.4) is 0 Å². The lowest BCUT2D eigenvalue weighted by Gasteiger charge is -2.34. The molecule has 1 aromatic rings. The molecule has 0 aromatic heterocycles. The summed E-state index contributed by atoms with van der Waals surface area (Å²) >= 11 is 0. The summed E-state index contributed by atoms with van der Waals surface area (Å²) in [5.41, 5.74) is 0.804. The molecule has 6 heteroatoms. The average molecular weight is 302 g/mol. The first kappa shape index (κ1) is 14.8. The van der Waals surface area contributed by atoms with Crippen molar-refractivity contribution in [2.45, 2.75) is 18.9 Å². The van der Waals surface area contributed by atoms with Crippen LogP contribution in [0.2, 0.25) is 0 Å². The van der Waals surface area contributed by atoms with Gasteiger partial charge in [0, 0.05) is 37.9 Å². The van der Waals surface area contributed by atoms with Crippen LogP contribution in [0.1, 0.15) is 12.8 Å². The maximum Gasteiger partial charge on any atom is 0.321 e. The van der Waals surface area contributed by atoms with E-state index in [0.29, 0.717) is 25.7 Å². The van der Waals surface area contributed by atoms with Crippen LogP contribution >= 0.6 is 0 Å². The molecule has 6 nitrogen and oxygen atoms in total. The van der Waals surface area contributed by atoms with Crippen molar-refractivity contribution in [1.29, 1.82) is 0 Å². The van der Waals surface area contributed by atoms with E-state index in [1.165, 1.54) is 0 Å². The van der Waals surface area contributed by atoms with Gasteiger partial charge >= 0.3 is 6.03 Å². The summed E-state index contributed by atoms with van der Waals surface area (Å²) in [4.78, 5) is 27.8. The zero-order chi connectivity index (χ0) is 15.4. The number of amides is 3. The van der Waals surface area contributed by atoms with Crippen LogP contribution in [0, 0.1) is 0 Å². The quantitative estimate of drug-likeness (QED) is 0.876. The molecule has 22 heavy (non-hydrogen) atoms. The number of hydrogen-bond acceptors (Lipinski definition) is 3. The molecule has 1 saturated heterocycles. The number of hydrogen-bond donors (Lipinski definition) is 2. The number of anilines is 1. The van der Waals surface area contributed by atoms with Crippen LogP contribution in [0.5, 0.6) is 0 Å². The zero-order valence-electron chi connectivity index (χ0n) is 12.6. The van der Waals surface area contributed by atoms with E-state index >= 15 is 0 Å². The van der Waals surface area contributed by atoms with Crippen molar-refractivity contribution in [2.24, 2.45) is 0 Å². The molecule has 1 aliphatic heterocycles. The number of rotatable bonds is 4. The molecule has 0 atom stereocenters. The van der Waals surface area contributed by atoms with Crippen LogP contribution < -0.4 is 10.6 Å². The van der Waals surface area contributed by atoms with Crippen molar-refractivity contribution < 1.29 is 9.59 Å². The van der Waals surface area contributed by atoms with Crippen LogP contribution in [-0.2, 0) is 4.79 Å². The third kappa shape index (κ3) is 4.21. The molecule has 1 aromatic carbocycles. The lowest BCUT2D eigenvalue weighted by atomic mass is 10.3. The van der Waals surface area contributed by atoms with Crippen molar-refractivity contribution >= 4 is 17.6 Å². The third-order valence-corrected chi connectivity index (χ3v) is 3.99. The number of carbonyl (C=O) groups is 2. The summed E-state index contributed by atoms with van der Waals surface area (Å²) in [7, 11) is 0. The zero-order valence-corrected chi connectivity index (χ0v) is 12.6. The van der Waals surface area contributed by atoms with Gasteiger partial charge in [-0.2, -0.15) is 0 Å². The largest absolute Gasteiger partial charge is 0.352 e. The fourth-order valence-corrected chi connectivity index (χ4v) is 2.54. The SMILES string of the molecule is O=C(CN1CCN(C(=O)Nc2ccccc2)CC1)NC1CC1. The molecule has 3 amide bonds. The molecule has 2 N–H and O–H groups in total. The first-order valence-corrected chi connectivity index (χ1v) is 7.83. The van der Waals surface area contributed by atoms with E-state index < -0.39 is 0 Å². The van der Waals surface area contributed by atoms with Gasteiger partial charge < -0.3 is 15.5 Å². The maximum atomic E-state index is 12.2. The van der Waals surface area contributed by atoms with Crippen LogP contribution in [0.15, 0.2) is 30.3 Å². The fraction of sp³-hybridized carbons (Fsp3) is 0.500. The Morgan fingerprint density at radius 3 is 2.36 bits per heavy atom. The highest BCUT2D eigenvalue weighted by molar-refractivity contribution is 5.89. The number of nitrogens with one attached hydrogen (secondary N) is 2. The highest BCUT2D eigenvalue weighted by Crippen LogP contribution is 2.18. The molecule has 2 aliphatic rings. The van der Waals surface area contributed by atoms with Gasteiger partial charge in [0.15, 0.2) is 0 Å². The monoisotopic (exact) mass is 302 g/mol. The summed E-state index contributed by atoms with van der Waals surface area (Å²) in [5, 5.41) is 5.89. The summed E-state index contributed by atoms with van der Waals surface area (Å²) < 4.78 is 0. The Morgan fingerprint density at radius 1 is 1.05 bits per heavy atom. The number of benzene rings is 1.